The van der Waals surface area contributed by atoms with Crippen LogP contribution in [0, 0.1) is 0 Å². The van der Waals surface area contributed by atoms with Gasteiger partial charge in [0.15, 0.2) is 0 Å². The van der Waals surface area contributed by atoms with E-state index in [0.717, 1.165) is 5.56 Å². The summed E-state index contributed by atoms with van der Waals surface area (Å²) >= 11 is 0. The van der Waals surface area contributed by atoms with Crippen molar-refractivity contribution in [3.8, 4) is 0 Å². The molecule has 0 saturated carbocycles. The minimum absolute atomic E-state index is 0.0374. The number of amides is 1. The summed E-state index contributed by atoms with van der Waals surface area (Å²) in [6.07, 6.45) is 1.79. The summed E-state index contributed by atoms with van der Waals surface area (Å²) < 4.78 is 10.8. The molecule has 0 spiro atoms. The summed E-state index contributed by atoms with van der Waals surface area (Å²) in [6.45, 7) is 14.3. The third-order valence-electron chi connectivity index (χ3n) is 4.45. The average molecular weight is 406 g/mol. The van der Waals surface area contributed by atoms with E-state index >= 15 is 0 Å². The highest BCUT2D eigenvalue weighted by atomic mass is 28.3. The van der Waals surface area contributed by atoms with E-state index in [4.69, 9.17) is 9.47 Å². The van der Waals surface area contributed by atoms with Crippen LogP contribution in [0.3, 0.4) is 0 Å². The van der Waals surface area contributed by atoms with Crippen LogP contribution >= 0.6 is 0 Å². The number of carbonyl (C=O) groups is 2. The molecule has 1 atom stereocenters. The summed E-state index contributed by atoms with van der Waals surface area (Å²) in [5.74, 6) is -0.507. The van der Waals surface area contributed by atoms with Crippen LogP contribution in [0.4, 0.5) is 4.79 Å². The second kappa shape index (κ2) is 10.5. The highest BCUT2D eigenvalue weighted by molar-refractivity contribution is 6.82. The van der Waals surface area contributed by atoms with Gasteiger partial charge in [-0.2, -0.15) is 0 Å². The van der Waals surface area contributed by atoms with Gasteiger partial charge in [0.25, 0.3) is 0 Å². The fraction of sp³-hybridized carbons (Fsp3) is 0.545. The molecule has 6 heteroatoms. The standard InChI is InChI=1S/C22H35NO4Si/c1-16(2)23(17(3)4)22(25)27-21(28(6,7)8)15-19(14-20(24)26-5)18-12-10-9-11-13-18/h9-13,15-17,19H,14H2,1-8H3/b21-15+/t19-/m0/s1. The van der Waals surface area contributed by atoms with Gasteiger partial charge in [-0.1, -0.05) is 50.0 Å². The zero-order valence-corrected chi connectivity index (χ0v) is 19.5. The minimum atomic E-state index is -1.98. The molecule has 0 heterocycles. The largest absolute Gasteiger partial charge is 0.469 e. The van der Waals surface area contributed by atoms with Gasteiger partial charge in [0, 0.05) is 18.0 Å². The molecule has 0 N–H and O–H groups in total. The van der Waals surface area contributed by atoms with Gasteiger partial charge < -0.3 is 14.4 Å². The minimum Gasteiger partial charge on any atom is -0.469 e. The van der Waals surface area contributed by atoms with Gasteiger partial charge >= 0.3 is 12.1 Å². The number of rotatable bonds is 8. The van der Waals surface area contributed by atoms with Crippen molar-refractivity contribution in [1.82, 2.24) is 4.90 Å². The maximum atomic E-state index is 12.9. The molecule has 0 aliphatic heterocycles. The maximum absolute atomic E-state index is 12.9. The molecule has 0 saturated heterocycles. The Kier molecular flexibility index (Phi) is 8.95. The summed E-state index contributed by atoms with van der Waals surface area (Å²) in [7, 11) is -0.597. The Bertz CT molecular complexity index is 670. The third kappa shape index (κ3) is 7.15. The Labute approximate surface area is 170 Å². The molecule has 0 fully saturated rings. The predicted octanol–water partition coefficient (Wildman–Crippen LogP) is 5.35. The Morgan fingerprint density at radius 1 is 1.04 bits per heavy atom. The number of methoxy groups -OCH3 is 1. The molecule has 0 aromatic heterocycles. The highest BCUT2D eigenvalue weighted by Gasteiger charge is 2.30. The van der Waals surface area contributed by atoms with Crippen LogP contribution in [0.1, 0.15) is 45.6 Å². The van der Waals surface area contributed by atoms with Gasteiger partial charge in [0.1, 0.15) is 8.07 Å². The van der Waals surface area contributed by atoms with E-state index in [9.17, 15) is 9.59 Å². The van der Waals surface area contributed by atoms with Crippen LogP contribution in [0.25, 0.3) is 0 Å². The van der Waals surface area contributed by atoms with Crippen molar-refractivity contribution in [2.24, 2.45) is 0 Å². The summed E-state index contributed by atoms with van der Waals surface area (Å²) in [5, 5.41) is 0.682. The lowest BCUT2D eigenvalue weighted by Crippen LogP contribution is -2.43. The Balaban J connectivity index is 3.29. The molecule has 5 nitrogen and oxygen atoms in total. The molecular formula is C22H35NO4Si. The molecule has 1 aromatic carbocycles. The number of esters is 1. The lowest BCUT2D eigenvalue weighted by atomic mass is 9.96. The third-order valence-corrected chi connectivity index (χ3v) is 6.20. The summed E-state index contributed by atoms with van der Waals surface area (Å²) in [4.78, 5) is 26.6. The molecule has 0 radical (unpaired) electrons. The van der Waals surface area contributed by atoms with Gasteiger partial charge in [0.05, 0.1) is 18.9 Å². The van der Waals surface area contributed by atoms with Crippen LogP contribution in [-0.2, 0) is 14.3 Å². The highest BCUT2D eigenvalue weighted by Crippen LogP contribution is 2.28. The maximum Gasteiger partial charge on any atom is 0.414 e. The molecule has 0 bridgehead atoms. The second-order valence-corrected chi connectivity index (χ2v) is 13.5. The van der Waals surface area contributed by atoms with E-state index in [0.29, 0.717) is 5.38 Å². The Morgan fingerprint density at radius 2 is 1.57 bits per heavy atom. The number of benzene rings is 1. The number of nitrogens with zero attached hydrogens (tertiary/aromatic N) is 1. The SMILES string of the molecule is COC(=O)C[C@@H](/C=C(\OC(=O)N(C(C)C)C(C)C)[Si](C)(C)C)c1ccccc1. The van der Waals surface area contributed by atoms with Crippen LogP contribution in [0.5, 0.6) is 0 Å². The van der Waals surface area contributed by atoms with Gasteiger partial charge in [-0.05, 0) is 39.3 Å². The van der Waals surface area contributed by atoms with Crippen LogP contribution < -0.4 is 0 Å². The first-order valence-electron chi connectivity index (χ1n) is 9.81. The second-order valence-electron chi connectivity index (χ2n) is 8.54. The first kappa shape index (κ1) is 24.0. The number of hydrogen-bond acceptors (Lipinski definition) is 4. The van der Waals surface area contributed by atoms with Crippen molar-refractivity contribution in [1.29, 1.82) is 0 Å². The van der Waals surface area contributed by atoms with Crippen molar-refractivity contribution in [3.63, 3.8) is 0 Å². The molecule has 0 unspecified atom stereocenters. The van der Waals surface area contributed by atoms with E-state index in [2.05, 4.69) is 19.6 Å². The fourth-order valence-electron chi connectivity index (χ4n) is 3.02. The first-order chi connectivity index (χ1) is 13.0. The van der Waals surface area contributed by atoms with Crippen LogP contribution in [-0.4, -0.2) is 44.2 Å². The van der Waals surface area contributed by atoms with Gasteiger partial charge in [-0.3, -0.25) is 4.79 Å². The van der Waals surface area contributed by atoms with Crippen molar-refractivity contribution in [3.05, 3.63) is 47.4 Å². The zero-order valence-electron chi connectivity index (χ0n) is 18.5. The lowest BCUT2D eigenvalue weighted by molar-refractivity contribution is -0.140. The number of allylic oxidation sites excluding steroid dienone is 1. The zero-order chi connectivity index (χ0) is 21.5. The van der Waals surface area contributed by atoms with Crippen molar-refractivity contribution >= 4 is 20.1 Å². The molecule has 0 aliphatic carbocycles. The van der Waals surface area contributed by atoms with E-state index in [1.54, 1.807) is 4.90 Å². The summed E-state index contributed by atoms with van der Waals surface area (Å²) in [5.41, 5.74) is 0.990. The Hall–Kier alpha value is -2.08. The molecule has 156 valence electrons. The number of hydrogen-bond donors (Lipinski definition) is 0. The van der Waals surface area contributed by atoms with Gasteiger partial charge in [-0.25, -0.2) is 4.79 Å². The topological polar surface area (TPSA) is 55.8 Å². The molecule has 28 heavy (non-hydrogen) atoms. The van der Waals surface area contributed by atoms with Crippen LogP contribution in [0.15, 0.2) is 41.8 Å². The lowest BCUT2D eigenvalue weighted by Gasteiger charge is -2.32. The van der Waals surface area contributed by atoms with Gasteiger partial charge in [0.2, 0.25) is 0 Å². The Morgan fingerprint density at radius 3 is 2.00 bits per heavy atom. The number of carbonyl (C=O) groups excluding carboxylic acids is 2. The van der Waals surface area contributed by atoms with E-state index in [-0.39, 0.29) is 36.5 Å². The van der Waals surface area contributed by atoms with Gasteiger partial charge in [-0.15, -0.1) is 0 Å². The number of ether oxygens (including phenoxy) is 2. The fourth-order valence-corrected chi connectivity index (χ4v) is 4.12. The normalized spacial score (nSPS) is 13.4. The van der Waals surface area contributed by atoms with E-state index < -0.39 is 8.07 Å². The smallest absolute Gasteiger partial charge is 0.414 e. The predicted molar refractivity (Wildman–Crippen MR) is 116 cm³/mol. The molecule has 1 aromatic rings. The molecule has 1 rings (SSSR count). The van der Waals surface area contributed by atoms with Crippen molar-refractivity contribution in [2.45, 2.75) is 71.8 Å². The average Bonchev–Trinajstić information content (AvgIpc) is 2.59. The van der Waals surface area contributed by atoms with E-state index in [1.807, 2.05) is 64.1 Å². The van der Waals surface area contributed by atoms with Crippen LogP contribution in [0.2, 0.25) is 19.6 Å². The van der Waals surface area contributed by atoms with Crippen molar-refractivity contribution < 1.29 is 19.1 Å². The van der Waals surface area contributed by atoms with Crippen molar-refractivity contribution in [2.75, 3.05) is 7.11 Å². The van der Waals surface area contributed by atoms with E-state index in [1.165, 1.54) is 7.11 Å². The summed E-state index contributed by atoms with van der Waals surface area (Å²) in [6, 6.07) is 9.83. The molecule has 1 amide bonds. The quantitative estimate of drug-likeness (QED) is 0.332. The molecule has 0 aliphatic rings. The first-order valence-corrected chi connectivity index (χ1v) is 13.3. The molecular weight excluding hydrogens is 370 g/mol. The monoisotopic (exact) mass is 405 g/mol.